The highest BCUT2D eigenvalue weighted by Gasteiger charge is 1.58. The Kier molecular flexibility index (Phi) is 89.4. The summed E-state index contributed by atoms with van der Waals surface area (Å²) in [6, 6.07) is 0. The second-order valence-electron chi connectivity index (χ2n) is 0.447. The summed E-state index contributed by atoms with van der Waals surface area (Å²) >= 11 is 0. The Hall–Kier alpha value is -0.120. The minimum atomic E-state index is -0.125. The van der Waals surface area contributed by atoms with Crippen LogP contribution in [0.25, 0.3) is 0 Å². The van der Waals surface area contributed by atoms with Crippen LogP contribution in [0.1, 0.15) is 0 Å². The lowest BCUT2D eigenvalue weighted by atomic mass is 10.8. The molecule has 0 spiro atoms. The fourth-order valence-corrected chi connectivity index (χ4v) is 0. The van der Waals surface area contributed by atoms with Gasteiger partial charge in [0.1, 0.15) is 6.79 Å². The second kappa shape index (κ2) is 39.6. The third kappa shape index (κ3) is 114. The van der Waals surface area contributed by atoms with Crippen molar-refractivity contribution in [2.24, 2.45) is 0 Å². The largest absolute Gasteiger partial charge is 0.394 e. The first kappa shape index (κ1) is 15.8. The maximum absolute atomic E-state index is 8.00. The Morgan fingerprint density at radius 1 is 1.14 bits per heavy atom. The van der Waals surface area contributed by atoms with E-state index in [9.17, 15) is 0 Å². The van der Waals surface area contributed by atoms with Crippen molar-refractivity contribution in [3.63, 3.8) is 0 Å². The monoisotopic (exact) mass is 128 g/mol. The molecule has 7 heavy (non-hydrogen) atoms. The highest BCUT2D eigenvalue weighted by atomic mass is 35.5. The van der Waals surface area contributed by atoms with Gasteiger partial charge < -0.3 is 15.0 Å². The molecule has 0 aromatic carbocycles. The van der Waals surface area contributed by atoms with E-state index < -0.39 is 0 Å². The first-order valence-corrected chi connectivity index (χ1v) is 1.42. The normalized spacial score (nSPS) is 4.86. The van der Waals surface area contributed by atoms with Crippen molar-refractivity contribution >= 4 is 19.2 Å². The van der Waals surface area contributed by atoms with Crippen LogP contribution in [-0.2, 0) is 4.79 Å². The highest BCUT2D eigenvalue weighted by molar-refractivity contribution is 5.85. The molecule has 0 fully saturated rings. The Labute approximate surface area is 48.4 Å². The van der Waals surface area contributed by atoms with Crippen LogP contribution in [-0.4, -0.2) is 30.2 Å². The van der Waals surface area contributed by atoms with Gasteiger partial charge in [0.25, 0.3) is 0 Å². The van der Waals surface area contributed by atoms with Gasteiger partial charge in [0.2, 0.25) is 0 Å². The number of carbonyl (C=O) groups is 1. The predicted octanol–water partition coefficient (Wildman–Crippen LogP) is -0.792. The lowest BCUT2D eigenvalue weighted by Crippen LogP contribution is -1.85. The smallest absolute Gasteiger partial charge is 0.106 e. The van der Waals surface area contributed by atoms with Gasteiger partial charge in [-0.05, 0) is 0 Å². The van der Waals surface area contributed by atoms with Crippen molar-refractivity contribution in [3.8, 4) is 0 Å². The second-order valence-corrected chi connectivity index (χ2v) is 0.447. The molecule has 4 heteroatoms. The van der Waals surface area contributed by atoms with Crippen LogP contribution in [0.3, 0.4) is 0 Å². The van der Waals surface area contributed by atoms with Crippen molar-refractivity contribution in [2.45, 2.75) is 0 Å². The lowest BCUT2D eigenvalue weighted by Gasteiger charge is -1.70. The van der Waals surface area contributed by atoms with Gasteiger partial charge in [-0.15, -0.1) is 12.4 Å². The molecule has 2 N–H and O–H groups in total. The SMILES string of the molecule is C=O.Cl.OCCO. The molecule has 0 radical (unpaired) electrons. The lowest BCUT2D eigenvalue weighted by molar-refractivity contribution is -0.0979. The van der Waals surface area contributed by atoms with E-state index in [-0.39, 0.29) is 25.6 Å². The zero-order valence-electron chi connectivity index (χ0n) is 3.83. The van der Waals surface area contributed by atoms with E-state index in [0.717, 1.165) is 0 Å². The Bertz CT molecular complexity index is 17.7. The van der Waals surface area contributed by atoms with E-state index in [1.165, 1.54) is 0 Å². The van der Waals surface area contributed by atoms with Gasteiger partial charge in [-0.1, -0.05) is 0 Å². The minimum Gasteiger partial charge on any atom is -0.394 e. The number of rotatable bonds is 1. The molecule has 3 nitrogen and oxygen atoms in total. The number of carbonyl (C=O) groups excluding carboxylic acids is 1. The molecule has 0 heterocycles. The molecule has 0 bridgehead atoms. The third-order valence-corrected chi connectivity index (χ3v) is 0.1000. The van der Waals surface area contributed by atoms with Crippen LogP contribution in [0.2, 0.25) is 0 Å². The van der Waals surface area contributed by atoms with Gasteiger partial charge in [-0.3, -0.25) is 0 Å². The number of hydrogen-bond acceptors (Lipinski definition) is 3. The molecule has 0 rings (SSSR count). The fourth-order valence-electron chi connectivity index (χ4n) is 0. The molecule has 0 atom stereocenters. The van der Waals surface area contributed by atoms with E-state index >= 15 is 0 Å². The quantitative estimate of drug-likeness (QED) is 0.487. The molecule has 0 aromatic rings. The summed E-state index contributed by atoms with van der Waals surface area (Å²) in [6.45, 7) is 1.75. The average Bonchev–Trinajstić information content (AvgIpc) is 1.72. The van der Waals surface area contributed by atoms with Crippen LogP contribution in [0.15, 0.2) is 0 Å². The maximum atomic E-state index is 8.00. The number of aliphatic hydroxyl groups is 2. The molecule has 0 aliphatic rings. The van der Waals surface area contributed by atoms with Gasteiger partial charge in [-0.25, -0.2) is 0 Å². The van der Waals surface area contributed by atoms with Gasteiger partial charge in [-0.2, -0.15) is 0 Å². The van der Waals surface area contributed by atoms with Crippen LogP contribution < -0.4 is 0 Å². The van der Waals surface area contributed by atoms with Crippen molar-refractivity contribution in [1.82, 2.24) is 0 Å². The molecular weight excluding hydrogens is 119 g/mol. The van der Waals surface area contributed by atoms with E-state index in [4.69, 9.17) is 15.0 Å². The fraction of sp³-hybridized carbons (Fsp3) is 0.667. The number of halogens is 1. The third-order valence-electron chi connectivity index (χ3n) is 0.1000. The zero-order chi connectivity index (χ0) is 5.41. The van der Waals surface area contributed by atoms with E-state index in [2.05, 4.69) is 0 Å². The standard InChI is InChI=1S/C2H6O2.CH2O.ClH/c3-1-2-4;1-2;/h3-4H,1-2H2;1H2;1H. The van der Waals surface area contributed by atoms with E-state index in [0.29, 0.717) is 0 Å². The molecule has 0 amide bonds. The average molecular weight is 129 g/mol. The van der Waals surface area contributed by atoms with Gasteiger partial charge in [0.15, 0.2) is 0 Å². The van der Waals surface area contributed by atoms with Crippen LogP contribution in [0, 0.1) is 0 Å². The summed E-state index contributed by atoms with van der Waals surface area (Å²) in [6.07, 6.45) is 0. The Morgan fingerprint density at radius 2 is 1.29 bits per heavy atom. The van der Waals surface area contributed by atoms with Crippen molar-refractivity contribution in [3.05, 3.63) is 0 Å². The van der Waals surface area contributed by atoms with Crippen molar-refractivity contribution in [2.75, 3.05) is 13.2 Å². The van der Waals surface area contributed by atoms with Gasteiger partial charge in [0, 0.05) is 0 Å². The molecule has 0 saturated heterocycles. The van der Waals surface area contributed by atoms with Crippen LogP contribution in [0.5, 0.6) is 0 Å². The Balaban J connectivity index is -0.0000000480. The summed E-state index contributed by atoms with van der Waals surface area (Å²) in [4.78, 5) is 8.00. The number of hydrogen-bond donors (Lipinski definition) is 2. The van der Waals surface area contributed by atoms with Gasteiger partial charge in [0.05, 0.1) is 13.2 Å². The summed E-state index contributed by atoms with van der Waals surface area (Å²) in [5, 5.41) is 15.2. The maximum Gasteiger partial charge on any atom is 0.106 e. The summed E-state index contributed by atoms with van der Waals surface area (Å²) in [7, 11) is 0. The summed E-state index contributed by atoms with van der Waals surface area (Å²) in [5.74, 6) is 0. The Morgan fingerprint density at radius 3 is 1.29 bits per heavy atom. The zero-order valence-corrected chi connectivity index (χ0v) is 4.65. The van der Waals surface area contributed by atoms with E-state index in [1.54, 1.807) is 0 Å². The molecule has 46 valence electrons. The van der Waals surface area contributed by atoms with Crippen molar-refractivity contribution < 1.29 is 15.0 Å². The van der Waals surface area contributed by atoms with Crippen LogP contribution >= 0.6 is 12.4 Å². The topological polar surface area (TPSA) is 57.5 Å². The molecule has 0 aliphatic carbocycles. The predicted molar refractivity (Wildman–Crippen MR) is 28.5 cm³/mol. The van der Waals surface area contributed by atoms with Crippen molar-refractivity contribution in [1.29, 1.82) is 0 Å². The van der Waals surface area contributed by atoms with E-state index in [1.807, 2.05) is 6.79 Å². The summed E-state index contributed by atoms with van der Waals surface area (Å²) < 4.78 is 0. The molecular formula is C3H9ClO3. The highest BCUT2D eigenvalue weighted by Crippen LogP contribution is 1.39. The summed E-state index contributed by atoms with van der Waals surface area (Å²) in [5.41, 5.74) is 0. The molecule has 0 unspecified atom stereocenters. The molecule has 0 saturated carbocycles. The van der Waals surface area contributed by atoms with Gasteiger partial charge >= 0.3 is 0 Å². The molecule has 0 aromatic heterocycles. The molecule has 0 aliphatic heterocycles. The first-order chi connectivity index (χ1) is 2.91. The number of aliphatic hydroxyl groups excluding tert-OH is 2. The first-order valence-electron chi connectivity index (χ1n) is 1.42. The minimum absolute atomic E-state index is 0. The van der Waals surface area contributed by atoms with Crippen LogP contribution in [0.4, 0.5) is 0 Å².